The van der Waals surface area contributed by atoms with Crippen LogP contribution in [0.3, 0.4) is 0 Å². The van der Waals surface area contributed by atoms with E-state index in [1.807, 2.05) is 0 Å². The number of hydrogen-bond acceptors (Lipinski definition) is 8. The summed E-state index contributed by atoms with van der Waals surface area (Å²) >= 11 is 5.75. The van der Waals surface area contributed by atoms with Crippen LogP contribution in [-0.4, -0.2) is 53.8 Å². The van der Waals surface area contributed by atoms with E-state index in [-0.39, 0.29) is 16.8 Å². The Morgan fingerprint density at radius 3 is 2.73 bits per heavy atom. The molecule has 22 heavy (non-hydrogen) atoms. The molecule has 0 aliphatic carbocycles. The zero-order valence-electron chi connectivity index (χ0n) is 12.1. The third-order valence-electron chi connectivity index (χ3n) is 3.76. The number of aromatic nitrogens is 2. The van der Waals surface area contributed by atoms with E-state index in [2.05, 4.69) is 9.97 Å². The second-order valence-electron chi connectivity index (χ2n) is 4.80. The molecule has 1 aromatic rings. The van der Waals surface area contributed by atoms with Gasteiger partial charge in [0.25, 0.3) is 0 Å². The highest BCUT2D eigenvalue weighted by atomic mass is 35.5. The lowest BCUT2D eigenvalue weighted by Gasteiger charge is -2.41. The van der Waals surface area contributed by atoms with Crippen LogP contribution in [0, 0.1) is 10.1 Å². The van der Waals surface area contributed by atoms with Gasteiger partial charge in [0.15, 0.2) is 0 Å². The number of halogens is 1. The first-order chi connectivity index (χ1) is 10.4. The van der Waals surface area contributed by atoms with E-state index < -0.39 is 16.4 Å². The van der Waals surface area contributed by atoms with Gasteiger partial charge in [0, 0.05) is 33.1 Å². The van der Waals surface area contributed by atoms with Crippen molar-refractivity contribution in [3.63, 3.8) is 0 Å². The van der Waals surface area contributed by atoms with Crippen molar-refractivity contribution in [3.05, 3.63) is 21.6 Å². The molecule has 0 bridgehead atoms. The third kappa shape index (κ3) is 2.81. The molecule has 1 aliphatic heterocycles. The van der Waals surface area contributed by atoms with Gasteiger partial charge in [0.05, 0.1) is 12.0 Å². The molecule has 0 atom stereocenters. The SMILES string of the molecule is COC(=O)C1(N(C)c2nc(Cl)ncc2[N+](=O)[O-])CCOCC1. The molecule has 0 aromatic carbocycles. The summed E-state index contributed by atoms with van der Waals surface area (Å²) in [4.78, 5) is 31.8. The standard InChI is InChI=1S/C12H15ClN4O5/c1-16(9-8(17(19)20)7-14-11(13)15-9)12(10(18)21-2)3-5-22-6-4-12/h7H,3-6H2,1-2H3. The van der Waals surface area contributed by atoms with Gasteiger partial charge in [0.1, 0.15) is 11.7 Å². The minimum Gasteiger partial charge on any atom is -0.467 e. The maximum atomic E-state index is 12.3. The second kappa shape index (κ2) is 6.41. The molecule has 1 fully saturated rings. The van der Waals surface area contributed by atoms with Gasteiger partial charge in [-0.25, -0.2) is 9.78 Å². The fourth-order valence-electron chi connectivity index (χ4n) is 2.50. The number of hydrogen-bond donors (Lipinski definition) is 0. The maximum absolute atomic E-state index is 12.3. The van der Waals surface area contributed by atoms with Crippen LogP contribution >= 0.6 is 11.6 Å². The Morgan fingerprint density at radius 2 is 2.18 bits per heavy atom. The average Bonchev–Trinajstić information content (AvgIpc) is 2.53. The van der Waals surface area contributed by atoms with Crippen LogP contribution in [0.25, 0.3) is 0 Å². The first-order valence-corrected chi connectivity index (χ1v) is 6.87. The minimum absolute atomic E-state index is 0.0303. The topological polar surface area (TPSA) is 108 Å². The number of likely N-dealkylation sites (N-methyl/N-ethyl adjacent to an activating group) is 1. The molecule has 120 valence electrons. The lowest BCUT2D eigenvalue weighted by Crippen LogP contribution is -2.57. The van der Waals surface area contributed by atoms with Crippen LogP contribution in [-0.2, 0) is 14.3 Å². The molecule has 10 heteroatoms. The largest absolute Gasteiger partial charge is 0.467 e. The van der Waals surface area contributed by atoms with Gasteiger partial charge in [-0.3, -0.25) is 10.1 Å². The number of nitro groups is 1. The maximum Gasteiger partial charge on any atom is 0.331 e. The van der Waals surface area contributed by atoms with Crippen LogP contribution < -0.4 is 4.90 Å². The second-order valence-corrected chi connectivity index (χ2v) is 5.14. The van der Waals surface area contributed by atoms with E-state index in [1.165, 1.54) is 12.0 Å². The number of carbonyl (C=O) groups excluding carboxylic acids is 1. The lowest BCUT2D eigenvalue weighted by molar-refractivity contribution is -0.384. The van der Waals surface area contributed by atoms with Crippen LogP contribution in [0.4, 0.5) is 11.5 Å². The van der Waals surface area contributed by atoms with E-state index in [1.54, 1.807) is 7.05 Å². The first-order valence-electron chi connectivity index (χ1n) is 6.49. The zero-order valence-corrected chi connectivity index (χ0v) is 12.9. The monoisotopic (exact) mass is 330 g/mol. The van der Waals surface area contributed by atoms with Crippen molar-refractivity contribution >= 4 is 29.1 Å². The first kappa shape index (κ1) is 16.4. The molecule has 0 radical (unpaired) electrons. The molecule has 1 aromatic heterocycles. The van der Waals surface area contributed by atoms with Crippen LogP contribution in [0.15, 0.2) is 6.20 Å². The number of esters is 1. The fourth-order valence-corrected chi connectivity index (χ4v) is 2.63. The van der Waals surface area contributed by atoms with E-state index >= 15 is 0 Å². The zero-order chi connectivity index (χ0) is 16.3. The Balaban J connectivity index is 2.51. The molecule has 1 aliphatic rings. The Labute approximate surface area is 131 Å². The third-order valence-corrected chi connectivity index (χ3v) is 3.94. The van der Waals surface area contributed by atoms with Crippen molar-refractivity contribution in [2.45, 2.75) is 18.4 Å². The highest BCUT2D eigenvalue weighted by Gasteiger charge is 2.47. The molecule has 2 rings (SSSR count). The van der Waals surface area contributed by atoms with Crippen LogP contribution in [0.1, 0.15) is 12.8 Å². The summed E-state index contributed by atoms with van der Waals surface area (Å²) in [5, 5.41) is 11.0. The summed E-state index contributed by atoms with van der Waals surface area (Å²) in [5.41, 5.74) is -1.42. The molecule has 0 spiro atoms. The van der Waals surface area contributed by atoms with Crippen molar-refractivity contribution in [1.29, 1.82) is 0 Å². The predicted molar refractivity (Wildman–Crippen MR) is 76.9 cm³/mol. The molecule has 0 saturated carbocycles. The smallest absolute Gasteiger partial charge is 0.331 e. The van der Waals surface area contributed by atoms with Crippen molar-refractivity contribution in [3.8, 4) is 0 Å². The van der Waals surface area contributed by atoms with Crippen molar-refractivity contribution < 1.29 is 19.2 Å². The number of nitrogens with zero attached hydrogens (tertiary/aromatic N) is 4. The van der Waals surface area contributed by atoms with Gasteiger partial charge in [-0.05, 0) is 11.6 Å². The van der Waals surface area contributed by atoms with Crippen molar-refractivity contribution in [1.82, 2.24) is 9.97 Å². The van der Waals surface area contributed by atoms with Gasteiger partial charge in [0.2, 0.25) is 11.1 Å². The van der Waals surface area contributed by atoms with Crippen LogP contribution in [0.5, 0.6) is 0 Å². The number of ether oxygens (including phenoxy) is 2. The number of rotatable bonds is 4. The summed E-state index contributed by atoms with van der Waals surface area (Å²) in [5.74, 6) is -0.528. The molecular weight excluding hydrogens is 316 g/mol. The number of methoxy groups -OCH3 is 1. The Bertz CT molecular complexity index is 591. The Kier molecular flexibility index (Phi) is 4.77. The molecular formula is C12H15ClN4O5. The molecule has 0 unspecified atom stereocenters. The van der Waals surface area contributed by atoms with Gasteiger partial charge in [-0.1, -0.05) is 0 Å². The highest BCUT2D eigenvalue weighted by Crippen LogP contribution is 2.36. The summed E-state index contributed by atoms with van der Waals surface area (Å²) < 4.78 is 10.2. The summed E-state index contributed by atoms with van der Waals surface area (Å²) in [6.45, 7) is 0.679. The van der Waals surface area contributed by atoms with Gasteiger partial charge in [-0.15, -0.1) is 0 Å². The number of anilines is 1. The molecule has 1 saturated heterocycles. The van der Waals surface area contributed by atoms with E-state index in [9.17, 15) is 14.9 Å². The van der Waals surface area contributed by atoms with E-state index in [0.717, 1.165) is 6.20 Å². The number of carbonyl (C=O) groups is 1. The summed E-state index contributed by atoms with van der Waals surface area (Å²) in [7, 11) is 2.82. The van der Waals surface area contributed by atoms with Crippen molar-refractivity contribution in [2.75, 3.05) is 32.3 Å². The quantitative estimate of drug-likeness (QED) is 0.350. The van der Waals surface area contributed by atoms with Gasteiger partial charge in [-0.2, -0.15) is 4.98 Å². The normalized spacial score (nSPS) is 16.9. The molecule has 0 amide bonds. The molecule has 0 N–H and O–H groups in total. The highest BCUT2D eigenvalue weighted by molar-refractivity contribution is 6.28. The average molecular weight is 331 g/mol. The van der Waals surface area contributed by atoms with E-state index in [4.69, 9.17) is 21.1 Å². The molecule has 2 heterocycles. The lowest BCUT2D eigenvalue weighted by atomic mass is 9.88. The predicted octanol–water partition coefficient (Wildman–Crippen LogP) is 1.20. The summed E-state index contributed by atoms with van der Waals surface area (Å²) in [6.07, 6.45) is 1.68. The Hall–Kier alpha value is -2.00. The molecule has 9 nitrogen and oxygen atoms in total. The van der Waals surface area contributed by atoms with Crippen molar-refractivity contribution in [2.24, 2.45) is 0 Å². The Morgan fingerprint density at radius 1 is 1.55 bits per heavy atom. The van der Waals surface area contributed by atoms with Gasteiger partial charge < -0.3 is 14.4 Å². The summed E-state index contributed by atoms with van der Waals surface area (Å²) in [6, 6.07) is 0. The van der Waals surface area contributed by atoms with Crippen LogP contribution in [0.2, 0.25) is 5.28 Å². The van der Waals surface area contributed by atoms with Gasteiger partial charge >= 0.3 is 11.7 Å². The fraction of sp³-hybridized carbons (Fsp3) is 0.583. The van der Waals surface area contributed by atoms with E-state index in [0.29, 0.717) is 26.1 Å². The minimum atomic E-state index is -1.09.